The van der Waals surface area contributed by atoms with Crippen LogP contribution < -0.4 is 5.48 Å². The molecular formula is C16H22ClN3O3. The summed E-state index contributed by atoms with van der Waals surface area (Å²) in [5, 5.41) is 8.54. The highest BCUT2D eigenvalue weighted by Gasteiger charge is 2.32. The highest BCUT2D eigenvalue weighted by molar-refractivity contribution is 6.30. The first kappa shape index (κ1) is 17.7. The van der Waals surface area contributed by atoms with Crippen LogP contribution in [0.1, 0.15) is 24.9 Å². The lowest BCUT2D eigenvalue weighted by Gasteiger charge is -2.39. The molecule has 1 aliphatic heterocycles. The Morgan fingerprint density at radius 1 is 1.22 bits per heavy atom. The van der Waals surface area contributed by atoms with Crippen molar-refractivity contribution >= 4 is 23.4 Å². The summed E-state index contributed by atoms with van der Waals surface area (Å²) in [6.07, 6.45) is 0.597. The van der Waals surface area contributed by atoms with Crippen LogP contribution in [0.3, 0.4) is 0 Å². The molecule has 0 saturated carbocycles. The molecule has 2 rings (SSSR count). The fourth-order valence-corrected chi connectivity index (χ4v) is 2.94. The summed E-state index contributed by atoms with van der Waals surface area (Å²) in [5.41, 5.74) is 2.55. The zero-order valence-electron chi connectivity index (χ0n) is 13.1. The maximum absolute atomic E-state index is 12.1. The van der Waals surface area contributed by atoms with Gasteiger partial charge in [0.2, 0.25) is 5.91 Å². The molecule has 2 atom stereocenters. The van der Waals surface area contributed by atoms with Crippen molar-refractivity contribution in [1.82, 2.24) is 15.3 Å². The van der Waals surface area contributed by atoms with Gasteiger partial charge >= 0.3 is 0 Å². The Kier molecular flexibility index (Phi) is 6.38. The van der Waals surface area contributed by atoms with Crippen molar-refractivity contribution in [1.29, 1.82) is 0 Å². The smallest absolute Gasteiger partial charge is 0.265 e. The van der Waals surface area contributed by atoms with Crippen molar-refractivity contribution in [3.63, 3.8) is 0 Å². The van der Waals surface area contributed by atoms with Gasteiger partial charge in [-0.2, -0.15) is 0 Å². The third-order valence-corrected chi connectivity index (χ3v) is 4.59. The van der Waals surface area contributed by atoms with Crippen LogP contribution in [-0.2, 0) is 9.59 Å². The van der Waals surface area contributed by atoms with Crippen molar-refractivity contribution in [3.8, 4) is 0 Å². The van der Waals surface area contributed by atoms with E-state index < -0.39 is 17.3 Å². The number of carbonyl (C=O) groups excluding carboxylic acids is 2. The van der Waals surface area contributed by atoms with Gasteiger partial charge in [0, 0.05) is 26.2 Å². The van der Waals surface area contributed by atoms with Crippen LogP contribution in [-0.4, -0.2) is 58.4 Å². The molecule has 7 heteroatoms. The number of amides is 2. The molecule has 0 spiro atoms. The van der Waals surface area contributed by atoms with E-state index in [0.29, 0.717) is 32.6 Å². The van der Waals surface area contributed by atoms with Gasteiger partial charge in [0.25, 0.3) is 5.91 Å². The highest BCUT2D eigenvalue weighted by Crippen LogP contribution is 2.23. The second-order valence-electron chi connectivity index (χ2n) is 5.53. The number of carbonyl (C=O) groups is 2. The van der Waals surface area contributed by atoms with Gasteiger partial charge in [-0.1, -0.05) is 37.3 Å². The molecule has 0 aromatic heterocycles. The molecule has 1 aliphatic rings. The quantitative estimate of drug-likeness (QED) is 0.483. The standard InChI is InChI=1S/C16H22ClN3O3/c1-2-13(17)16(22)20-10-8-19(9-11-20)14(15(21)18-23)12-6-4-3-5-7-12/h3-7,13-14,23H,2,8-11H2,1H3,(H,18,21). The maximum atomic E-state index is 12.1. The largest absolute Gasteiger partial charge is 0.339 e. The number of halogens is 1. The van der Waals surface area contributed by atoms with Gasteiger partial charge < -0.3 is 4.90 Å². The summed E-state index contributed by atoms with van der Waals surface area (Å²) in [6, 6.07) is 8.71. The fourth-order valence-electron chi connectivity index (χ4n) is 2.80. The van der Waals surface area contributed by atoms with E-state index in [4.69, 9.17) is 16.8 Å². The first-order valence-electron chi connectivity index (χ1n) is 7.74. The molecule has 0 aliphatic carbocycles. The molecule has 6 nitrogen and oxygen atoms in total. The van der Waals surface area contributed by atoms with E-state index in [0.717, 1.165) is 5.56 Å². The highest BCUT2D eigenvalue weighted by atomic mass is 35.5. The number of hydrogen-bond donors (Lipinski definition) is 2. The van der Waals surface area contributed by atoms with Gasteiger partial charge in [0.05, 0.1) is 0 Å². The summed E-state index contributed by atoms with van der Waals surface area (Å²) >= 11 is 6.01. The molecule has 0 radical (unpaired) electrons. The minimum absolute atomic E-state index is 0.0586. The normalized spacial score (nSPS) is 18.3. The zero-order chi connectivity index (χ0) is 16.8. The summed E-state index contributed by atoms with van der Waals surface area (Å²) in [6.45, 7) is 4.01. The molecule has 1 aromatic carbocycles. The van der Waals surface area contributed by atoms with E-state index in [1.807, 2.05) is 42.2 Å². The Morgan fingerprint density at radius 3 is 2.35 bits per heavy atom. The lowest BCUT2D eigenvalue weighted by Crippen LogP contribution is -2.53. The number of hydroxylamine groups is 1. The van der Waals surface area contributed by atoms with Crippen molar-refractivity contribution < 1.29 is 14.8 Å². The molecule has 2 unspecified atom stereocenters. The van der Waals surface area contributed by atoms with Crippen LogP contribution in [0.2, 0.25) is 0 Å². The summed E-state index contributed by atoms with van der Waals surface area (Å²) in [7, 11) is 0. The predicted octanol–water partition coefficient (Wildman–Crippen LogP) is 1.39. The average Bonchev–Trinajstić information content (AvgIpc) is 2.62. The van der Waals surface area contributed by atoms with Crippen molar-refractivity contribution in [2.24, 2.45) is 0 Å². The molecule has 1 saturated heterocycles. The number of nitrogens with zero attached hydrogens (tertiary/aromatic N) is 2. The average molecular weight is 340 g/mol. The van der Waals surface area contributed by atoms with E-state index in [-0.39, 0.29) is 5.91 Å². The molecule has 2 amide bonds. The van der Waals surface area contributed by atoms with Gasteiger partial charge in [-0.3, -0.25) is 19.7 Å². The molecule has 0 bridgehead atoms. The monoisotopic (exact) mass is 339 g/mol. The second kappa shape index (κ2) is 8.29. The number of rotatable bonds is 5. The topological polar surface area (TPSA) is 72.9 Å². The molecule has 126 valence electrons. The van der Waals surface area contributed by atoms with E-state index in [9.17, 15) is 9.59 Å². The zero-order valence-corrected chi connectivity index (χ0v) is 13.9. The van der Waals surface area contributed by atoms with Crippen molar-refractivity contribution in [2.75, 3.05) is 26.2 Å². The van der Waals surface area contributed by atoms with Gasteiger partial charge in [-0.05, 0) is 12.0 Å². The van der Waals surface area contributed by atoms with Gasteiger partial charge in [0.15, 0.2) is 0 Å². The molecular weight excluding hydrogens is 318 g/mol. The van der Waals surface area contributed by atoms with E-state index in [1.54, 1.807) is 10.4 Å². The van der Waals surface area contributed by atoms with Crippen LogP contribution in [0.15, 0.2) is 30.3 Å². The minimum Gasteiger partial charge on any atom is -0.339 e. The van der Waals surface area contributed by atoms with Gasteiger partial charge in [-0.15, -0.1) is 11.6 Å². The number of hydrogen-bond acceptors (Lipinski definition) is 4. The molecule has 2 N–H and O–H groups in total. The van der Waals surface area contributed by atoms with Crippen LogP contribution >= 0.6 is 11.6 Å². The molecule has 1 aromatic rings. The van der Waals surface area contributed by atoms with Crippen LogP contribution in [0.25, 0.3) is 0 Å². The Balaban J connectivity index is 2.06. The van der Waals surface area contributed by atoms with Crippen LogP contribution in [0, 0.1) is 0 Å². The minimum atomic E-state index is -0.573. The predicted molar refractivity (Wildman–Crippen MR) is 87.2 cm³/mol. The Morgan fingerprint density at radius 2 is 1.83 bits per heavy atom. The number of benzene rings is 1. The van der Waals surface area contributed by atoms with Gasteiger partial charge in [0.1, 0.15) is 11.4 Å². The van der Waals surface area contributed by atoms with Gasteiger partial charge in [-0.25, -0.2) is 5.48 Å². The number of piperazine rings is 1. The molecule has 1 fully saturated rings. The van der Waals surface area contributed by atoms with Crippen LogP contribution in [0.5, 0.6) is 0 Å². The maximum Gasteiger partial charge on any atom is 0.265 e. The van der Waals surface area contributed by atoms with E-state index >= 15 is 0 Å². The summed E-state index contributed by atoms with van der Waals surface area (Å²) in [4.78, 5) is 27.9. The lowest BCUT2D eigenvalue weighted by atomic mass is 10.0. The van der Waals surface area contributed by atoms with E-state index in [2.05, 4.69) is 0 Å². The first-order valence-corrected chi connectivity index (χ1v) is 8.18. The van der Waals surface area contributed by atoms with Crippen molar-refractivity contribution in [2.45, 2.75) is 24.8 Å². The first-order chi connectivity index (χ1) is 11.1. The second-order valence-corrected chi connectivity index (χ2v) is 6.05. The third-order valence-electron chi connectivity index (χ3n) is 4.09. The SMILES string of the molecule is CCC(Cl)C(=O)N1CCN(C(C(=O)NO)c2ccccc2)CC1. The lowest BCUT2D eigenvalue weighted by molar-refractivity contribution is -0.138. The Bertz CT molecular complexity index is 533. The number of nitrogens with one attached hydrogen (secondary N) is 1. The fraction of sp³-hybridized carbons (Fsp3) is 0.500. The third kappa shape index (κ3) is 4.22. The Labute approximate surface area is 141 Å². The van der Waals surface area contributed by atoms with Crippen LogP contribution in [0.4, 0.5) is 0 Å². The molecule has 1 heterocycles. The Hall–Kier alpha value is -1.63. The van der Waals surface area contributed by atoms with E-state index in [1.165, 1.54) is 0 Å². The number of alkyl halides is 1. The summed E-state index contributed by atoms with van der Waals surface area (Å²) < 4.78 is 0. The van der Waals surface area contributed by atoms with Crippen molar-refractivity contribution in [3.05, 3.63) is 35.9 Å². The summed E-state index contributed by atoms with van der Waals surface area (Å²) in [5.74, 6) is -0.531. The molecule has 23 heavy (non-hydrogen) atoms.